The summed E-state index contributed by atoms with van der Waals surface area (Å²) in [6.45, 7) is 10.0. The van der Waals surface area contributed by atoms with E-state index in [2.05, 4.69) is 41.0 Å². The molecule has 1 saturated heterocycles. The number of ether oxygens (including phenoxy) is 3. The summed E-state index contributed by atoms with van der Waals surface area (Å²) in [4.78, 5) is 64.5. The van der Waals surface area contributed by atoms with Crippen molar-refractivity contribution in [1.29, 1.82) is 0 Å². The van der Waals surface area contributed by atoms with Crippen LogP contribution in [0.15, 0.2) is 60.9 Å². The average molecular weight is 857 g/mol. The number of aromatic amines is 1. The van der Waals surface area contributed by atoms with Gasteiger partial charge in [0.2, 0.25) is 11.8 Å². The Morgan fingerprint density at radius 1 is 0.967 bits per heavy atom. The van der Waals surface area contributed by atoms with Gasteiger partial charge in [0.05, 0.1) is 47.4 Å². The molecule has 1 fully saturated rings. The van der Waals surface area contributed by atoms with Crippen LogP contribution in [-0.4, -0.2) is 96.0 Å². The number of alkyl carbamates (subject to hydrolysis) is 1. The zero-order valence-electron chi connectivity index (χ0n) is 34.1. The van der Waals surface area contributed by atoms with Gasteiger partial charge in [0.1, 0.15) is 23.4 Å². The van der Waals surface area contributed by atoms with Gasteiger partial charge in [0, 0.05) is 56.4 Å². The first-order chi connectivity index (χ1) is 28.3. The van der Waals surface area contributed by atoms with Gasteiger partial charge in [-0.15, -0.1) is 13.2 Å². The summed E-state index contributed by atoms with van der Waals surface area (Å²) in [5, 5.41) is 10.9. The standard InChI is InChI=1S/C41H48ClF3N8O7/c1-22(2)34(52-39(57)59-7)37(55)53-21-26(58-6)16-31(53)35-49-20-30(50-35)24-10-8-23(9-11-24)27-17-28(42)29(18-32(27)60-41(43,44)45)51-36(54)25-12-13-33(48-19-25)46-14-15-47-38(56)40(3,4)5/h8-13,17-20,22,26,31,34H,14-16,21H2,1-7H3,(H,46,48)(H,47,56)(H,49,50)(H,51,54)(H,52,57)/t26-,31+,34+/m1/s1. The van der Waals surface area contributed by atoms with E-state index >= 15 is 0 Å². The first-order valence-electron chi connectivity index (χ1n) is 19.0. The zero-order valence-corrected chi connectivity index (χ0v) is 34.9. The molecule has 4 amide bonds. The van der Waals surface area contributed by atoms with Crippen molar-refractivity contribution in [2.75, 3.05) is 44.5 Å². The van der Waals surface area contributed by atoms with Crippen LogP contribution < -0.4 is 26.0 Å². The molecule has 3 heterocycles. The third-order valence-electron chi connectivity index (χ3n) is 9.66. The number of nitrogens with one attached hydrogen (secondary N) is 5. The van der Waals surface area contributed by atoms with E-state index in [0.717, 1.165) is 6.07 Å². The minimum absolute atomic E-state index is 0.00828. The van der Waals surface area contributed by atoms with Crippen LogP contribution >= 0.6 is 11.6 Å². The van der Waals surface area contributed by atoms with E-state index in [-0.39, 0.29) is 52.2 Å². The molecule has 1 aliphatic rings. The Morgan fingerprint density at radius 2 is 1.67 bits per heavy atom. The minimum atomic E-state index is -5.07. The number of aromatic nitrogens is 3. The van der Waals surface area contributed by atoms with E-state index in [9.17, 15) is 32.3 Å². The predicted molar refractivity (Wildman–Crippen MR) is 218 cm³/mol. The van der Waals surface area contributed by atoms with Crippen LogP contribution in [-0.2, 0) is 19.1 Å². The summed E-state index contributed by atoms with van der Waals surface area (Å²) < 4.78 is 55.8. The van der Waals surface area contributed by atoms with E-state index in [1.807, 2.05) is 13.8 Å². The molecular formula is C41H48ClF3N8O7. The average Bonchev–Trinajstić information content (AvgIpc) is 3.87. The van der Waals surface area contributed by atoms with Gasteiger partial charge in [-0.05, 0) is 35.2 Å². The monoisotopic (exact) mass is 856 g/mol. The minimum Gasteiger partial charge on any atom is -0.453 e. The second kappa shape index (κ2) is 19.0. The van der Waals surface area contributed by atoms with E-state index in [1.165, 1.54) is 25.4 Å². The van der Waals surface area contributed by atoms with E-state index in [1.54, 1.807) is 69.3 Å². The smallest absolute Gasteiger partial charge is 0.453 e. The van der Waals surface area contributed by atoms with E-state index in [0.29, 0.717) is 48.0 Å². The van der Waals surface area contributed by atoms with Gasteiger partial charge >= 0.3 is 12.5 Å². The molecule has 0 aliphatic carbocycles. The van der Waals surface area contributed by atoms with Crippen LogP contribution in [0.5, 0.6) is 5.75 Å². The summed E-state index contributed by atoms with van der Waals surface area (Å²) in [7, 11) is 2.77. The molecule has 1 aliphatic heterocycles. The van der Waals surface area contributed by atoms with Crippen molar-refractivity contribution in [1.82, 2.24) is 30.5 Å². The molecule has 0 bridgehead atoms. The lowest BCUT2D eigenvalue weighted by Gasteiger charge is -2.29. The number of likely N-dealkylation sites (tertiary alicyclic amines) is 1. The fourth-order valence-electron chi connectivity index (χ4n) is 6.37. The molecule has 0 unspecified atom stereocenters. The normalized spacial score (nSPS) is 16.0. The van der Waals surface area contributed by atoms with Crippen molar-refractivity contribution in [2.24, 2.45) is 11.3 Å². The van der Waals surface area contributed by atoms with Crippen LogP contribution in [0.1, 0.15) is 63.3 Å². The summed E-state index contributed by atoms with van der Waals surface area (Å²) in [5.41, 5.74) is 1.01. The topological polar surface area (TPSA) is 189 Å². The SMILES string of the molecule is COC(=O)N[C@H](C(=O)N1C[C@H](OC)C[C@H]1c1ncc(-c2ccc(-c3cc(Cl)c(NC(=O)c4ccc(NCCNC(=O)C(C)(C)C)nc4)cc3OC(F)(F)F)cc2)[nH]1)C(C)C. The van der Waals surface area contributed by atoms with Gasteiger partial charge in [-0.1, -0.05) is 70.5 Å². The Labute approximate surface area is 350 Å². The fraction of sp³-hybridized carbons (Fsp3) is 0.415. The number of carbonyl (C=O) groups excluding carboxylic acids is 4. The number of amides is 4. The summed E-state index contributed by atoms with van der Waals surface area (Å²) in [6.07, 6.45) is -2.76. The van der Waals surface area contributed by atoms with Crippen molar-refractivity contribution in [3.8, 4) is 28.1 Å². The number of hydrogen-bond donors (Lipinski definition) is 5. The van der Waals surface area contributed by atoms with Crippen molar-refractivity contribution in [2.45, 2.75) is 65.6 Å². The van der Waals surface area contributed by atoms with E-state index in [4.69, 9.17) is 21.1 Å². The molecule has 322 valence electrons. The largest absolute Gasteiger partial charge is 0.573 e. The van der Waals surface area contributed by atoms with Crippen LogP contribution in [0.2, 0.25) is 5.02 Å². The maximum absolute atomic E-state index is 13.7. The number of H-pyrrole nitrogens is 1. The van der Waals surface area contributed by atoms with E-state index < -0.39 is 41.6 Å². The maximum Gasteiger partial charge on any atom is 0.573 e. The summed E-state index contributed by atoms with van der Waals surface area (Å²) >= 11 is 6.53. The summed E-state index contributed by atoms with van der Waals surface area (Å²) in [5.74, 6) is -1.02. The number of rotatable bonds is 14. The molecule has 0 radical (unpaired) electrons. The quantitative estimate of drug-likeness (QED) is 0.0813. The number of methoxy groups -OCH3 is 2. The van der Waals surface area contributed by atoms with Gasteiger partial charge in [-0.25, -0.2) is 14.8 Å². The third kappa shape index (κ3) is 11.4. The second-order valence-corrected chi connectivity index (χ2v) is 15.8. The van der Waals surface area contributed by atoms with Crippen LogP contribution in [0, 0.1) is 11.3 Å². The van der Waals surface area contributed by atoms with Gasteiger partial charge in [-0.2, -0.15) is 0 Å². The van der Waals surface area contributed by atoms with Crippen molar-refractivity contribution >= 4 is 46.9 Å². The van der Waals surface area contributed by atoms with Crippen molar-refractivity contribution < 1.29 is 46.6 Å². The molecular weight excluding hydrogens is 809 g/mol. The van der Waals surface area contributed by atoms with Gasteiger partial charge in [0.25, 0.3) is 5.91 Å². The van der Waals surface area contributed by atoms with Crippen molar-refractivity contribution in [3.05, 3.63) is 77.3 Å². The lowest BCUT2D eigenvalue weighted by molar-refractivity contribution is -0.274. The molecule has 2 aromatic heterocycles. The Balaban J connectivity index is 1.31. The number of hydrogen-bond acceptors (Lipinski definition) is 10. The Morgan fingerprint density at radius 3 is 2.27 bits per heavy atom. The van der Waals surface area contributed by atoms with Crippen LogP contribution in [0.3, 0.4) is 0 Å². The molecule has 5 rings (SSSR count). The molecule has 3 atom stereocenters. The van der Waals surface area contributed by atoms with Gasteiger partial charge in [-0.3, -0.25) is 14.4 Å². The first-order valence-corrected chi connectivity index (χ1v) is 19.4. The number of benzene rings is 2. The highest BCUT2D eigenvalue weighted by atomic mass is 35.5. The number of carbonyl (C=O) groups is 4. The molecule has 60 heavy (non-hydrogen) atoms. The highest BCUT2D eigenvalue weighted by molar-refractivity contribution is 6.34. The lowest BCUT2D eigenvalue weighted by atomic mass is 9.96. The second-order valence-electron chi connectivity index (χ2n) is 15.4. The van der Waals surface area contributed by atoms with Gasteiger partial charge in [0.15, 0.2) is 0 Å². The Hall–Kier alpha value is -5.88. The van der Waals surface area contributed by atoms with Gasteiger partial charge < -0.3 is 45.4 Å². The highest BCUT2D eigenvalue weighted by Crippen LogP contribution is 2.41. The Kier molecular flexibility index (Phi) is 14.3. The number of anilines is 2. The highest BCUT2D eigenvalue weighted by Gasteiger charge is 2.42. The molecule has 0 saturated carbocycles. The number of halogens is 4. The molecule has 19 heteroatoms. The lowest BCUT2D eigenvalue weighted by Crippen LogP contribution is -2.51. The molecule has 5 N–H and O–H groups in total. The maximum atomic E-state index is 13.7. The summed E-state index contributed by atoms with van der Waals surface area (Å²) in [6, 6.07) is 10.4. The fourth-order valence-corrected chi connectivity index (χ4v) is 6.58. The van der Waals surface area contributed by atoms with Crippen LogP contribution in [0.25, 0.3) is 22.4 Å². The Bertz CT molecular complexity index is 2160. The third-order valence-corrected chi connectivity index (χ3v) is 9.97. The first kappa shape index (κ1) is 45.2. The molecule has 15 nitrogen and oxygen atoms in total. The number of imidazole rings is 1. The zero-order chi connectivity index (χ0) is 43.9. The number of pyridine rings is 1. The predicted octanol–water partition coefficient (Wildman–Crippen LogP) is 7.19. The number of alkyl halides is 3. The molecule has 2 aromatic carbocycles. The van der Waals surface area contributed by atoms with Crippen molar-refractivity contribution in [3.63, 3.8) is 0 Å². The molecule has 4 aromatic rings. The van der Waals surface area contributed by atoms with Crippen LogP contribution in [0.4, 0.5) is 29.5 Å². The molecule has 0 spiro atoms. The number of nitrogens with zero attached hydrogens (tertiary/aromatic N) is 3.